The van der Waals surface area contributed by atoms with Gasteiger partial charge < -0.3 is 9.47 Å². The van der Waals surface area contributed by atoms with Crippen LogP contribution in [-0.2, 0) is 19.1 Å². The standard InChI is InChI=1S/C20H14ClF4N3O/c21-18-14(2-1-3-15(18)20(23,24)25)19(29)27-9-8-17-16(10-27)26-11-28(17)13-6-4-12(22)5-7-13/h1-7,11H,8-10H2. The normalized spacial score (nSPS) is 14.0. The molecule has 3 aromatic rings. The van der Waals surface area contributed by atoms with Gasteiger partial charge in [0, 0.05) is 24.3 Å². The van der Waals surface area contributed by atoms with Crippen LogP contribution in [0.2, 0.25) is 5.02 Å². The van der Waals surface area contributed by atoms with E-state index in [1.54, 1.807) is 18.5 Å². The van der Waals surface area contributed by atoms with E-state index in [0.717, 1.165) is 17.4 Å². The monoisotopic (exact) mass is 423 g/mol. The Hall–Kier alpha value is -2.87. The van der Waals surface area contributed by atoms with Crippen molar-refractivity contribution in [1.82, 2.24) is 14.5 Å². The number of halogens is 5. The second-order valence-electron chi connectivity index (χ2n) is 6.63. The van der Waals surface area contributed by atoms with E-state index >= 15 is 0 Å². The van der Waals surface area contributed by atoms with Gasteiger partial charge in [-0.05, 0) is 36.4 Å². The highest BCUT2D eigenvalue weighted by Gasteiger charge is 2.35. The Balaban J connectivity index is 1.60. The number of hydrogen-bond donors (Lipinski definition) is 0. The first-order valence-corrected chi connectivity index (χ1v) is 9.09. The van der Waals surface area contributed by atoms with Crippen LogP contribution in [0.25, 0.3) is 5.69 Å². The van der Waals surface area contributed by atoms with E-state index < -0.39 is 22.7 Å². The summed E-state index contributed by atoms with van der Waals surface area (Å²) < 4.78 is 54.2. The minimum atomic E-state index is -4.64. The quantitative estimate of drug-likeness (QED) is 0.551. The van der Waals surface area contributed by atoms with Crippen LogP contribution in [0.3, 0.4) is 0 Å². The number of carbonyl (C=O) groups excluding carboxylic acids is 1. The summed E-state index contributed by atoms with van der Waals surface area (Å²) >= 11 is 5.89. The molecule has 0 radical (unpaired) electrons. The average molecular weight is 424 g/mol. The molecule has 0 saturated carbocycles. The van der Waals surface area contributed by atoms with E-state index in [1.165, 1.54) is 29.2 Å². The number of nitrogens with zero attached hydrogens (tertiary/aromatic N) is 3. The number of benzene rings is 2. The van der Waals surface area contributed by atoms with Gasteiger partial charge in [0.25, 0.3) is 5.91 Å². The molecule has 0 atom stereocenters. The first kappa shape index (κ1) is 19.4. The largest absolute Gasteiger partial charge is 0.417 e. The highest BCUT2D eigenvalue weighted by molar-refractivity contribution is 6.34. The third-order valence-electron chi connectivity index (χ3n) is 4.84. The zero-order valence-electron chi connectivity index (χ0n) is 14.9. The molecule has 4 nitrogen and oxygen atoms in total. The summed E-state index contributed by atoms with van der Waals surface area (Å²) in [7, 11) is 0. The van der Waals surface area contributed by atoms with Gasteiger partial charge in [-0.25, -0.2) is 9.37 Å². The third kappa shape index (κ3) is 3.60. The number of amides is 1. The lowest BCUT2D eigenvalue weighted by molar-refractivity contribution is -0.137. The molecular formula is C20H14ClF4N3O. The summed E-state index contributed by atoms with van der Waals surface area (Å²) in [6.45, 7) is 0.445. The van der Waals surface area contributed by atoms with Crippen molar-refractivity contribution < 1.29 is 22.4 Å². The van der Waals surface area contributed by atoms with E-state index in [0.29, 0.717) is 18.7 Å². The van der Waals surface area contributed by atoms with Gasteiger partial charge in [0.15, 0.2) is 0 Å². The van der Waals surface area contributed by atoms with Crippen LogP contribution in [0.4, 0.5) is 17.6 Å². The fourth-order valence-electron chi connectivity index (χ4n) is 3.39. The fourth-order valence-corrected chi connectivity index (χ4v) is 3.71. The van der Waals surface area contributed by atoms with Gasteiger partial charge >= 0.3 is 6.18 Å². The highest BCUT2D eigenvalue weighted by Crippen LogP contribution is 2.37. The van der Waals surface area contributed by atoms with E-state index in [9.17, 15) is 22.4 Å². The molecule has 9 heteroatoms. The summed E-state index contributed by atoms with van der Waals surface area (Å²) in [5.41, 5.74) is 1.01. The van der Waals surface area contributed by atoms with Gasteiger partial charge in [0.2, 0.25) is 0 Å². The van der Waals surface area contributed by atoms with Crippen LogP contribution in [-0.4, -0.2) is 26.9 Å². The van der Waals surface area contributed by atoms with Gasteiger partial charge in [0.05, 0.1) is 34.7 Å². The number of rotatable bonds is 2. The Labute approximate surface area is 168 Å². The molecule has 0 saturated heterocycles. The highest BCUT2D eigenvalue weighted by atomic mass is 35.5. The lowest BCUT2D eigenvalue weighted by Crippen LogP contribution is -2.36. The molecular weight excluding hydrogens is 410 g/mol. The predicted molar refractivity (Wildman–Crippen MR) is 98.4 cm³/mol. The maximum Gasteiger partial charge on any atom is 0.417 e. The van der Waals surface area contributed by atoms with Gasteiger partial charge in [-0.2, -0.15) is 13.2 Å². The maximum atomic E-state index is 13.2. The molecule has 0 fully saturated rings. The van der Waals surface area contributed by atoms with Gasteiger partial charge in [0.1, 0.15) is 5.82 Å². The molecule has 0 bridgehead atoms. The van der Waals surface area contributed by atoms with Crippen LogP contribution in [0, 0.1) is 5.82 Å². The fraction of sp³-hybridized carbons (Fsp3) is 0.200. The van der Waals surface area contributed by atoms with Crippen molar-refractivity contribution >= 4 is 17.5 Å². The Kier molecular flexibility index (Phi) is 4.82. The number of alkyl halides is 3. The molecule has 1 aliphatic heterocycles. The lowest BCUT2D eigenvalue weighted by atomic mass is 10.1. The summed E-state index contributed by atoms with van der Waals surface area (Å²) in [5.74, 6) is -0.930. The molecule has 0 N–H and O–H groups in total. The SMILES string of the molecule is O=C(c1cccc(C(F)(F)F)c1Cl)N1CCc2c(ncn2-c2ccc(F)cc2)C1. The Morgan fingerprint density at radius 2 is 1.83 bits per heavy atom. The second-order valence-corrected chi connectivity index (χ2v) is 7.00. The molecule has 0 aliphatic carbocycles. The average Bonchev–Trinajstić information content (AvgIpc) is 3.10. The number of carbonyl (C=O) groups is 1. The Bertz CT molecular complexity index is 1080. The Morgan fingerprint density at radius 3 is 2.52 bits per heavy atom. The summed E-state index contributed by atoms with van der Waals surface area (Å²) in [6, 6.07) is 9.23. The smallest absolute Gasteiger partial charge is 0.332 e. The number of hydrogen-bond acceptors (Lipinski definition) is 2. The minimum absolute atomic E-state index is 0.148. The molecule has 29 heavy (non-hydrogen) atoms. The van der Waals surface area contributed by atoms with Crippen LogP contribution in [0.1, 0.15) is 27.3 Å². The topological polar surface area (TPSA) is 38.1 Å². The van der Waals surface area contributed by atoms with Gasteiger partial charge in [-0.3, -0.25) is 4.79 Å². The lowest BCUT2D eigenvalue weighted by Gasteiger charge is -2.28. The maximum absolute atomic E-state index is 13.2. The summed E-state index contributed by atoms with van der Waals surface area (Å²) in [5, 5.41) is -0.604. The van der Waals surface area contributed by atoms with Crippen molar-refractivity contribution in [3.63, 3.8) is 0 Å². The van der Waals surface area contributed by atoms with Crippen molar-refractivity contribution in [1.29, 1.82) is 0 Å². The van der Waals surface area contributed by atoms with Gasteiger partial charge in [-0.1, -0.05) is 17.7 Å². The van der Waals surface area contributed by atoms with E-state index in [1.807, 2.05) is 4.57 Å². The number of fused-ring (bicyclic) bond motifs is 1. The van der Waals surface area contributed by atoms with E-state index in [-0.39, 0.29) is 17.9 Å². The Morgan fingerprint density at radius 1 is 1.10 bits per heavy atom. The zero-order valence-corrected chi connectivity index (χ0v) is 15.6. The van der Waals surface area contributed by atoms with Gasteiger partial charge in [-0.15, -0.1) is 0 Å². The summed E-state index contributed by atoms with van der Waals surface area (Å²) in [4.78, 5) is 18.6. The molecule has 150 valence electrons. The molecule has 0 spiro atoms. The minimum Gasteiger partial charge on any atom is -0.332 e. The first-order valence-electron chi connectivity index (χ1n) is 8.71. The molecule has 0 unspecified atom stereocenters. The predicted octanol–water partition coefficient (Wildman–Crippen LogP) is 4.88. The van der Waals surface area contributed by atoms with E-state index in [2.05, 4.69) is 4.98 Å². The van der Waals surface area contributed by atoms with Crippen LogP contribution < -0.4 is 0 Å². The molecule has 1 aromatic heterocycles. The third-order valence-corrected chi connectivity index (χ3v) is 5.25. The van der Waals surface area contributed by atoms with E-state index in [4.69, 9.17) is 11.6 Å². The molecule has 4 rings (SSSR count). The summed E-state index contributed by atoms with van der Waals surface area (Å²) in [6.07, 6.45) is -2.60. The van der Waals surface area contributed by atoms with Crippen molar-refractivity contribution in [3.05, 3.63) is 82.1 Å². The molecule has 2 aromatic carbocycles. The number of imidazole rings is 1. The molecule has 1 amide bonds. The zero-order chi connectivity index (χ0) is 20.8. The van der Waals surface area contributed by atoms with Crippen LogP contribution >= 0.6 is 11.6 Å². The van der Waals surface area contributed by atoms with Crippen molar-refractivity contribution in [2.75, 3.05) is 6.54 Å². The van der Waals surface area contributed by atoms with Crippen LogP contribution in [0.5, 0.6) is 0 Å². The van der Waals surface area contributed by atoms with Crippen molar-refractivity contribution in [3.8, 4) is 5.69 Å². The van der Waals surface area contributed by atoms with Crippen molar-refractivity contribution in [2.24, 2.45) is 0 Å². The molecule has 2 heterocycles. The molecule has 1 aliphatic rings. The first-order chi connectivity index (χ1) is 13.8. The number of aromatic nitrogens is 2. The van der Waals surface area contributed by atoms with Crippen LogP contribution in [0.15, 0.2) is 48.8 Å². The second kappa shape index (κ2) is 7.18. The van der Waals surface area contributed by atoms with Crippen molar-refractivity contribution in [2.45, 2.75) is 19.1 Å².